The molecular weight excluding hydrogens is 963 g/mol. The molecule has 5 atom stereocenters. The summed E-state index contributed by atoms with van der Waals surface area (Å²) in [4.78, 5) is 74.3. The minimum atomic E-state index is -1.33. The second-order valence-corrected chi connectivity index (χ2v) is 23.5. The highest BCUT2D eigenvalue weighted by Gasteiger charge is 2.28. The van der Waals surface area contributed by atoms with Gasteiger partial charge in [-0.05, 0) is 118 Å². The molecule has 0 radical (unpaired) electrons. The number of fused-ring (bicyclic) bond motifs is 2. The summed E-state index contributed by atoms with van der Waals surface area (Å²) >= 11 is 0. The molecule has 6 heterocycles. The fourth-order valence-corrected chi connectivity index (χ4v) is 11.8. The Hall–Kier alpha value is -6.33. The molecule has 17 heteroatoms. The normalized spacial score (nSPS) is 20.7. The van der Waals surface area contributed by atoms with Crippen molar-refractivity contribution in [2.75, 3.05) is 53.3 Å². The number of hydrogen-bond acceptors (Lipinski definition) is 14. The number of nitrogens with one attached hydrogen (secondary N) is 2. The molecule has 16 nitrogen and oxygen atoms in total. The van der Waals surface area contributed by atoms with Crippen LogP contribution in [0.4, 0.5) is 28.7 Å². The van der Waals surface area contributed by atoms with Gasteiger partial charge < -0.3 is 26.2 Å². The summed E-state index contributed by atoms with van der Waals surface area (Å²) in [5.41, 5.74) is 10.9. The Morgan fingerprint density at radius 1 is 0.653 bits per heavy atom. The molecule has 2 saturated heterocycles. The van der Waals surface area contributed by atoms with Gasteiger partial charge in [0.25, 0.3) is 11.1 Å². The SMILES string of the molecule is CC(C)C(=O)c1cc2cnc(S(C)=O)nc2n(C2CCCC2)c1=O.CC1CC(C)CN(c2ccc(N)cc2)C1.CC1CN(c2ccc(Nc3ncc4cc(C(=O)C(C)C)c(=O)n(C5CCCC5)c4n3)cc2)CC(C)N1. The van der Waals surface area contributed by atoms with E-state index in [1.165, 1.54) is 37.1 Å². The molecule has 4 aromatic heterocycles. The maximum Gasteiger partial charge on any atom is 0.263 e. The monoisotopic (exact) mass is 1040 g/mol. The third-order valence-electron chi connectivity index (χ3n) is 14.9. The quantitative estimate of drug-likeness (QED) is 0.0628. The fraction of sp³-hybridized carbons (Fsp3) is 0.517. The van der Waals surface area contributed by atoms with Crippen LogP contribution >= 0.6 is 0 Å². The molecule has 0 bridgehead atoms. The number of piperidine rings is 1. The molecule has 400 valence electrons. The highest BCUT2D eigenvalue weighted by atomic mass is 32.2. The van der Waals surface area contributed by atoms with E-state index < -0.39 is 10.8 Å². The molecule has 2 aromatic carbocycles. The number of aromatic nitrogens is 6. The van der Waals surface area contributed by atoms with Gasteiger partial charge in [-0.15, -0.1) is 0 Å². The molecule has 4 fully saturated rings. The van der Waals surface area contributed by atoms with Gasteiger partial charge in [0.1, 0.15) is 11.3 Å². The Balaban J connectivity index is 0.000000164. The lowest BCUT2D eigenvalue weighted by molar-refractivity contribution is 0.0930. The number of anilines is 5. The maximum absolute atomic E-state index is 13.5. The van der Waals surface area contributed by atoms with Crippen LogP contribution in [-0.4, -0.2) is 89.4 Å². The standard InChI is InChI=1S/C28H36N6O2.C17H21N3O3S.C13H20N2/c1-17(2)25(35)24-13-20-14-29-28(32-26(20)34(27(24)36)23-7-5-6-8-23)31-21-9-11-22(12-10-21)33-15-18(3)30-19(4)16-33;1-10(2)14(21)13-8-11-9-18-17(24(3)23)19-15(11)20(16(13)22)12-6-4-5-7-12;1-10-7-11(2)9-15(8-10)13-5-3-12(14)4-6-13/h9-14,17-19,23,30H,5-8,15-16H2,1-4H3,(H,29,31,32);8-10,12H,4-7H2,1-3H3;3-6,10-11H,7-9,14H2,1-2H3. The molecule has 75 heavy (non-hydrogen) atoms. The lowest BCUT2D eigenvalue weighted by atomic mass is 9.91. The van der Waals surface area contributed by atoms with Crippen molar-refractivity contribution in [2.45, 2.75) is 143 Å². The zero-order valence-corrected chi connectivity index (χ0v) is 46.2. The number of benzene rings is 2. The van der Waals surface area contributed by atoms with Gasteiger partial charge in [-0.2, -0.15) is 4.98 Å². The van der Waals surface area contributed by atoms with Gasteiger partial charge in [-0.3, -0.25) is 32.5 Å². The topological polar surface area (TPSA) is 203 Å². The van der Waals surface area contributed by atoms with Gasteiger partial charge >= 0.3 is 0 Å². The van der Waals surface area contributed by atoms with Crippen LogP contribution in [0, 0.1) is 23.7 Å². The molecule has 6 aromatic rings. The lowest BCUT2D eigenvalue weighted by Gasteiger charge is -2.37. The summed E-state index contributed by atoms with van der Waals surface area (Å²) < 4.78 is 15.1. The lowest BCUT2D eigenvalue weighted by Crippen LogP contribution is -2.54. The number of Topliss-reactive ketones (excluding diaryl/α,β-unsaturated/α-hetero) is 2. The van der Waals surface area contributed by atoms with Crippen LogP contribution in [0.25, 0.3) is 22.1 Å². The van der Waals surface area contributed by atoms with Crippen LogP contribution in [0.1, 0.15) is 146 Å². The highest BCUT2D eigenvalue weighted by Crippen LogP contribution is 2.33. The van der Waals surface area contributed by atoms with Crippen LogP contribution in [0.2, 0.25) is 0 Å². The van der Waals surface area contributed by atoms with Gasteiger partial charge in [0.2, 0.25) is 11.1 Å². The minimum Gasteiger partial charge on any atom is -0.399 e. The van der Waals surface area contributed by atoms with E-state index in [0.717, 1.165) is 87.7 Å². The molecule has 0 spiro atoms. The molecule has 2 aliphatic heterocycles. The minimum absolute atomic E-state index is 0.0351. The van der Waals surface area contributed by atoms with Crippen molar-refractivity contribution >= 4 is 73.1 Å². The van der Waals surface area contributed by atoms with E-state index in [1.54, 1.807) is 47.5 Å². The molecule has 5 unspecified atom stereocenters. The first-order valence-corrected chi connectivity index (χ1v) is 28.7. The van der Waals surface area contributed by atoms with Gasteiger partial charge in [0.15, 0.2) is 11.6 Å². The number of piperazine rings is 1. The second-order valence-electron chi connectivity index (χ2n) is 22.2. The van der Waals surface area contributed by atoms with Crippen LogP contribution in [0.5, 0.6) is 0 Å². The highest BCUT2D eigenvalue weighted by molar-refractivity contribution is 7.84. The summed E-state index contributed by atoms with van der Waals surface area (Å²) in [6.45, 7) is 20.6. The number of nitrogens with zero attached hydrogens (tertiary/aromatic N) is 8. The van der Waals surface area contributed by atoms with Crippen molar-refractivity contribution in [1.29, 1.82) is 0 Å². The average molecular weight is 1040 g/mol. The Morgan fingerprint density at radius 3 is 1.56 bits per heavy atom. The van der Waals surface area contributed by atoms with Crippen molar-refractivity contribution in [2.24, 2.45) is 23.7 Å². The molecular formula is C58H77N11O5S. The predicted octanol–water partition coefficient (Wildman–Crippen LogP) is 9.91. The first-order valence-electron chi connectivity index (χ1n) is 27.1. The summed E-state index contributed by atoms with van der Waals surface area (Å²) in [5, 5.41) is 8.43. The fourth-order valence-electron chi connectivity index (χ4n) is 11.4. The van der Waals surface area contributed by atoms with Crippen molar-refractivity contribution in [3.05, 3.63) is 105 Å². The Labute approximate surface area is 443 Å². The van der Waals surface area contributed by atoms with Gasteiger partial charge in [0.05, 0.1) is 21.9 Å². The average Bonchev–Trinajstić information content (AvgIpc) is 4.12. The Kier molecular flexibility index (Phi) is 17.7. The largest absolute Gasteiger partial charge is 0.399 e. The van der Waals surface area contributed by atoms with Gasteiger partial charge in [0, 0.05) is 114 Å². The van der Waals surface area contributed by atoms with Gasteiger partial charge in [-0.1, -0.05) is 67.2 Å². The zero-order chi connectivity index (χ0) is 53.7. The first-order chi connectivity index (χ1) is 35.8. The van der Waals surface area contributed by atoms with Crippen LogP contribution in [-0.2, 0) is 10.8 Å². The van der Waals surface area contributed by atoms with E-state index in [1.807, 2.05) is 38.1 Å². The number of hydrogen-bond donors (Lipinski definition) is 3. The van der Waals surface area contributed by atoms with E-state index in [4.69, 9.17) is 10.7 Å². The van der Waals surface area contributed by atoms with E-state index in [-0.39, 0.29) is 62.9 Å². The molecule has 2 aliphatic carbocycles. The van der Waals surface area contributed by atoms with Crippen molar-refractivity contribution in [3.63, 3.8) is 0 Å². The molecule has 0 amide bonds. The summed E-state index contributed by atoms with van der Waals surface area (Å²) in [5.74, 6) is 1.23. The number of ketones is 2. The Bertz CT molecular complexity index is 3110. The third kappa shape index (κ3) is 13.0. The van der Waals surface area contributed by atoms with Crippen molar-refractivity contribution in [3.8, 4) is 0 Å². The molecule has 2 saturated carbocycles. The predicted molar refractivity (Wildman–Crippen MR) is 303 cm³/mol. The van der Waals surface area contributed by atoms with Crippen LogP contribution in [0.3, 0.4) is 0 Å². The molecule has 10 rings (SSSR count). The van der Waals surface area contributed by atoms with Crippen LogP contribution in [0.15, 0.2) is 87.8 Å². The van der Waals surface area contributed by atoms with E-state index in [2.05, 4.69) is 87.3 Å². The Morgan fingerprint density at radius 2 is 1.09 bits per heavy atom. The van der Waals surface area contributed by atoms with E-state index in [0.29, 0.717) is 40.1 Å². The van der Waals surface area contributed by atoms with E-state index in [9.17, 15) is 23.4 Å². The first kappa shape index (κ1) is 54.9. The zero-order valence-electron chi connectivity index (χ0n) is 45.3. The number of pyridine rings is 2. The van der Waals surface area contributed by atoms with E-state index >= 15 is 0 Å². The van der Waals surface area contributed by atoms with Crippen LogP contribution < -0.4 is 37.3 Å². The van der Waals surface area contributed by atoms with Gasteiger partial charge in [-0.25, -0.2) is 15.0 Å². The smallest absolute Gasteiger partial charge is 0.263 e. The summed E-state index contributed by atoms with van der Waals surface area (Å²) in [6, 6.07) is 20.8. The third-order valence-corrected chi connectivity index (χ3v) is 15.6. The van der Waals surface area contributed by atoms with Crippen molar-refractivity contribution < 1.29 is 13.8 Å². The molecule has 4 N–H and O–H groups in total. The maximum atomic E-state index is 13.5. The number of carbonyl (C=O) groups excluding carboxylic acids is 2. The second kappa shape index (κ2) is 24.1. The number of rotatable bonds is 11. The number of carbonyl (C=O) groups is 2. The number of nitrogens with two attached hydrogens (primary N) is 1. The molecule has 4 aliphatic rings. The summed E-state index contributed by atoms with van der Waals surface area (Å²) in [6.07, 6.45) is 14.0. The summed E-state index contributed by atoms with van der Waals surface area (Å²) in [7, 11) is -1.33. The van der Waals surface area contributed by atoms with Crippen molar-refractivity contribution in [1.82, 2.24) is 34.4 Å². The number of nitrogen functional groups attached to an aromatic ring is 1.